The SMILES string of the molecule is CCCCC1CCC(CCCC)C1[Si](Cl)(Cl)Cl. The van der Waals surface area contributed by atoms with Crippen LogP contribution in [0.5, 0.6) is 0 Å². The zero-order chi connectivity index (χ0) is 12.9. The molecule has 0 aromatic rings. The molecule has 0 spiro atoms. The van der Waals surface area contributed by atoms with Gasteiger partial charge in [0.05, 0.1) is 0 Å². The molecule has 1 aliphatic rings. The maximum atomic E-state index is 6.36. The van der Waals surface area contributed by atoms with Crippen LogP contribution < -0.4 is 0 Å². The minimum Gasteiger partial charge on any atom is -0.126 e. The molecule has 0 amide bonds. The van der Waals surface area contributed by atoms with E-state index in [2.05, 4.69) is 13.8 Å². The second kappa shape index (κ2) is 7.62. The Bertz CT molecular complexity index is 199. The van der Waals surface area contributed by atoms with Gasteiger partial charge in [-0.15, -0.1) is 33.2 Å². The van der Waals surface area contributed by atoms with Crippen LogP contribution >= 0.6 is 33.2 Å². The van der Waals surface area contributed by atoms with Crippen LogP contribution in [0.3, 0.4) is 0 Å². The lowest BCUT2D eigenvalue weighted by Crippen LogP contribution is -2.28. The molecule has 0 nitrogen and oxygen atoms in total. The Labute approximate surface area is 122 Å². The van der Waals surface area contributed by atoms with E-state index in [0.29, 0.717) is 17.4 Å². The first-order valence-electron chi connectivity index (χ1n) is 7.07. The summed E-state index contributed by atoms with van der Waals surface area (Å²) in [6.07, 6.45) is 10.2. The molecule has 17 heavy (non-hydrogen) atoms. The number of rotatable bonds is 7. The molecule has 1 fully saturated rings. The van der Waals surface area contributed by atoms with Crippen molar-refractivity contribution >= 4 is 39.2 Å². The van der Waals surface area contributed by atoms with E-state index in [4.69, 9.17) is 33.2 Å². The zero-order valence-electron chi connectivity index (χ0n) is 11.0. The van der Waals surface area contributed by atoms with Gasteiger partial charge in [0, 0.05) is 5.54 Å². The van der Waals surface area contributed by atoms with E-state index in [-0.39, 0.29) is 0 Å². The van der Waals surface area contributed by atoms with Crippen LogP contribution in [0.15, 0.2) is 0 Å². The van der Waals surface area contributed by atoms with Gasteiger partial charge in [-0.2, -0.15) is 0 Å². The van der Waals surface area contributed by atoms with Crippen LogP contribution in [0.25, 0.3) is 0 Å². The third-order valence-electron chi connectivity index (χ3n) is 4.16. The summed E-state index contributed by atoms with van der Waals surface area (Å²) in [5, 5.41) is 0. The molecular formula is C13H25Cl3Si. The number of halogens is 3. The van der Waals surface area contributed by atoms with Crippen molar-refractivity contribution in [1.82, 2.24) is 0 Å². The molecule has 0 bridgehead atoms. The summed E-state index contributed by atoms with van der Waals surface area (Å²) in [6.45, 7) is 4.48. The van der Waals surface area contributed by atoms with E-state index >= 15 is 0 Å². The Balaban J connectivity index is 2.61. The quantitative estimate of drug-likeness (QED) is 0.375. The Morgan fingerprint density at radius 1 is 0.882 bits per heavy atom. The maximum Gasteiger partial charge on any atom is 0.344 e. The minimum atomic E-state index is -2.53. The molecule has 0 heterocycles. The van der Waals surface area contributed by atoms with Crippen molar-refractivity contribution in [3.8, 4) is 0 Å². The molecule has 0 aromatic carbocycles. The highest BCUT2D eigenvalue weighted by Gasteiger charge is 2.49. The molecule has 0 aliphatic heterocycles. The number of hydrogen-bond donors (Lipinski definition) is 0. The smallest absolute Gasteiger partial charge is 0.126 e. The van der Waals surface area contributed by atoms with E-state index in [1.807, 2.05) is 0 Å². The lowest BCUT2D eigenvalue weighted by molar-refractivity contribution is 0.423. The van der Waals surface area contributed by atoms with Crippen molar-refractivity contribution in [1.29, 1.82) is 0 Å². The Hall–Kier alpha value is 1.09. The Morgan fingerprint density at radius 2 is 1.29 bits per heavy atom. The fourth-order valence-corrected chi connectivity index (χ4v) is 8.23. The van der Waals surface area contributed by atoms with Crippen molar-refractivity contribution in [2.24, 2.45) is 11.8 Å². The van der Waals surface area contributed by atoms with E-state index in [0.717, 1.165) is 0 Å². The van der Waals surface area contributed by atoms with Crippen LogP contribution in [-0.4, -0.2) is 6.00 Å². The summed E-state index contributed by atoms with van der Waals surface area (Å²) in [7, 11) is 0. The highest BCUT2D eigenvalue weighted by molar-refractivity contribution is 7.65. The third kappa shape index (κ3) is 4.93. The summed E-state index contributed by atoms with van der Waals surface area (Å²) in [5.41, 5.74) is 0.422. The topological polar surface area (TPSA) is 0 Å². The van der Waals surface area contributed by atoms with Gasteiger partial charge in [-0.25, -0.2) is 0 Å². The molecule has 2 unspecified atom stereocenters. The van der Waals surface area contributed by atoms with Crippen molar-refractivity contribution in [3.63, 3.8) is 0 Å². The Kier molecular flexibility index (Phi) is 7.24. The van der Waals surface area contributed by atoms with E-state index in [1.54, 1.807) is 0 Å². The van der Waals surface area contributed by atoms with Crippen LogP contribution in [0.1, 0.15) is 65.2 Å². The molecule has 1 aliphatic carbocycles. The van der Waals surface area contributed by atoms with Crippen molar-refractivity contribution in [3.05, 3.63) is 0 Å². The molecule has 0 saturated heterocycles. The van der Waals surface area contributed by atoms with Gasteiger partial charge in [0.25, 0.3) is 0 Å². The number of hydrogen-bond acceptors (Lipinski definition) is 0. The average Bonchev–Trinajstić information content (AvgIpc) is 2.66. The molecule has 1 rings (SSSR count). The second-order valence-electron chi connectivity index (χ2n) is 5.45. The van der Waals surface area contributed by atoms with Crippen LogP contribution in [0, 0.1) is 11.8 Å². The molecule has 0 aromatic heterocycles. The van der Waals surface area contributed by atoms with Gasteiger partial charge in [-0.05, 0) is 11.8 Å². The van der Waals surface area contributed by atoms with Gasteiger partial charge in [0.1, 0.15) is 0 Å². The standard InChI is InChI=1S/C13H25Cl3Si/c1-3-5-7-11-9-10-12(8-6-4-2)13(11)17(14,15)16/h11-13H,3-10H2,1-2H3. The van der Waals surface area contributed by atoms with Gasteiger partial charge in [-0.1, -0.05) is 65.2 Å². The van der Waals surface area contributed by atoms with Crippen LogP contribution in [-0.2, 0) is 0 Å². The first-order chi connectivity index (χ1) is 8.00. The van der Waals surface area contributed by atoms with Crippen molar-refractivity contribution < 1.29 is 0 Å². The number of unbranched alkanes of at least 4 members (excludes halogenated alkanes) is 2. The summed E-state index contributed by atoms with van der Waals surface area (Å²) < 4.78 is 0. The first-order valence-corrected chi connectivity index (χ1v) is 12.2. The zero-order valence-corrected chi connectivity index (χ0v) is 14.3. The predicted octanol–water partition coefficient (Wildman–Crippen LogP) is 6.42. The molecule has 4 heteroatoms. The van der Waals surface area contributed by atoms with Gasteiger partial charge >= 0.3 is 6.00 Å². The van der Waals surface area contributed by atoms with Crippen LogP contribution in [0.2, 0.25) is 5.54 Å². The predicted molar refractivity (Wildman–Crippen MR) is 82.3 cm³/mol. The fraction of sp³-hybridized carbons (Fsp3) is 1.00. The normalized spacial score (nSPS) is 29.8. The first kappa shape index (κ1) is 16.1. The summed E-state index contributed by atoms with van der Waals surface area (Å²) in [4.78, 5) is 0. The maximum absolute atomic E-state index is 6.36. The monoisotopic (exact) mass is 314 g/mol. The second-order valence-corrected chi connectivity index (χ2v) is 14.3. The van der Waals surface area contributed by atoms with E-state index < -0.39 is 6.00 Å². The highest BCUT2D eigenvalue weighted by atomic mass is 35.8. The summed E-state index contributed by atoms with van der Waals surface area (Å²) >= 11 is 19.1. The fourth-order valence-electron chi connectivity index (χ4n) is 3.29. The molecule has 0 radical (unpaired) electrons. The molecular weight excluding hydrogens is 291 g/mol. The van der Waals surface area contributed by atoms with Crippen molar-refractivity contribution in [2.45, 2.75) is 70.8 Å². The molecule has 102 valence electrons. The van der Waals surface area contributed by atoms with Gasteiger partial charge in [0.15, 0.2) is 0 Å². The molecule has 0 N–H and O–H groups in total. The van der Waals surface area contributed by atoms with Gasteiger partial charge in [0.2, 0.25) is 0 Å². The van der Waals surface area contributed by atoms with Gasteiger partial charge < -0.3 is 0 Å². The third-order valence-corrected chi connectivity index (χ3v) is 8.13. The van der Waals surface area contributed by atoms with E-state index in [1.165, 1.54) is 51.4 Å². The lowest BCUT2D eigenvalue weighted by Gasteiger charge is -2.29. The lowest BCUT2D eigenvalue weighted by atomic mass is 9.95. The average molecular weight is 316 g/mol. The Morgan fingerprint density at radius 3 is 1.59 bits per heavy atom. The van der Waals surface area contributed by atoms with Crippen LogP contribution in [0.4, 0.5) is 0 Å². The molecule has 2 atom stereocenters. The molecule has 1 saturated carbocycles. The summed E-state index contributed by atoms with van der Waals surface area (Å²) in [6, 6.07) is -2.53. The van der Waals surface area contributed by atoms with Gasteiger partial charge in [-0.3, -0.25) is 0 Å². The summed E-state index contributed by atoms with van der Waals surface area (Å²) in [5.74, 6) is 1.38. The van der Waals surface area contributed by atoms with Crippen molar-refractivity contribution in [2.75, 3.05) is 0 Å². The van der Waals surface area contributed by atoms with E-state index in [9.17, 15) is 0 Å². The minimum absolute atomic E-state index is 0.422. The highest BCUT2D eigenvalue weighted by Crippen LogP contribution is 2.55. The largest absolute Gasteiger partial charge is 0.344 e.